The highest BCUT2D eigenvalue weighted by atomic mass is 16.5. The lowest BCUT2D eigenvalue weighted by Gasteiger charge is -2.16. The van der Waals surface area contributed by atoms with Crippen LogP contribution >= 0.6 is 0 Å². The van der Waals surface area contributed by atoms with Gasteiger partial charge in [-0.25, -0.2) is 9.88 Å². The van der Waals surface area contributed by atoms with E-state index in [0.29, 0.717) is 18.0 Å². The number of ether oxygens (including phenoxy) is 1. The molecule has 1 atom stereocenters. The van der Waals surface area contributed by atoms with Crippen molar-refractivity contribution in [2.75, 3.05) is 11.5 Å². The zero-order chi connectivity index (χ0) is 19.1. The zero-order valence-electron chi connectivity index (χ0n) is 15.6. The van der Waals surface area contributed by atoms with Crippen molar-refractivity contribution in [2.45, 2.75) is 33.2 Å². The average Bonchev–Trinajstić information content (AvgIpc) is 3.17. The van der Waals surface area contributed by atoms with E-state index < -0.39 is 6.04 Å². The summed E-state index contributed by atoms with van der Waals surface area (Å²) < 4.78 is 7.24. The van der Waals surface area contributed by atoms with Gasteiger partial charge in [-0.1, -0.05) is 0 Å². The molecule has 0 aliphatic carbocycles. The number of anilines is 1. The van der Waals surface area contributed by atoms with Crippen molar-refractivity contribution >= 4 is 28.5 Å². The van der Waals surface area contributed by atoms with E-state index in [1.54, 1.807) is 30.6 Å². The second-order valence-electron chi connectivity index (χ2n) is 6.79. The van der Waals surface area contributed by atoms with E-state index in [1.807, 2.05) is 37.5 Å². The van der Waals surface area contributed by atoms with Gasteiger partial charge in [0.25, 0.3) is 5.91 Å². The molecule has 0 spiro atoms. The number of aromatic nitrogens is 2. The molecule has 4 rings (SSSR count). The lowest BCUT2D eigenvalue weighted by molar-refractivity contribution is -0.122. The van der Waals surface area contributed by atoms with E-state index >= 15 is 0 Å². The first-order chi connectivity index (χ1) is 13.0. The fourth-order valence-electron chi connectivity index (χ4n) is 3.49. The molecule has 1 aliphatic heterocycles. The van der Waals surface area contributed by atoms with Gasteiger partial charge in [-0.15, -0.1) is 0 Å². The topological polar surface area (TPSA) is 64.4 Å². The molecule has 2 heterocycles. The minimum absolute atomic E-state index is 0.129. The predicted molar refractivity (Wildman–Crippen MR) is 103 cm³/mol. The lowest BCUT2D eigenvalue weighted by atomic mass is 10.1. The van der Waals surface area contributed by atoms with E-state index in [1.165, 1.54) is 4.90 Å². The molecule has 138 valence electrons. The van der Waals surface area contributed by atoms with Gasteiger partial charge in [-0.2, -0.15) is 0 Å². The van der Waals surface area contributed by atoms with Crippen LogP contribution in [0.25, 0.3) is 11.0 Å². The van der Waals surface area contributed by atoms with Gasteiger partial charge in [-0.3, -0.25) is 9.59 Å². The smallest absolute Gasteiger partial charge is 0.257 e. The summed E-state index contributed by atoms with van der Waals surface area (Å²) in [6.45, 7) is 6.53. The molecule has 0 saturated carbocycles. The number of hydrogen-bond donors (Lipinski definition) is 0. The number of imidazole rings is 1. The molecule has 27 heavy (non-hydrogen) atoms. The molecule has 6 heteroatoms. The first-order valence-electron chi connectivity index (χ1n) is 9.03. The van der Waals surface area contributed by atoms with Crippen molar-refractivity contribution in [3.05, 3.63) is 53.9 Å². The molecule has 2 amide bonds. The number of hydrogen-bond acceptors (Lipinski definition) is 4. The zero-order valence-corrected chi connectivity index (χ0v) is 15.6. The van der Waals surface area contributed by atoms with Crippen LogP contribution in [0.5, 0.6) is 5.75 Å². The van der Waals surface area contributed by atoms with Crippen LogP contribution in [0.3, 0.4) is 0 Å². The van der Waals surface area contributed by atoms with E-state index in [-0.39, 0.29) is 18.2 Å². The summed E-state index contributed by atoms with van der Waals surface area (Å²) in [5, 5.41) is 0. The molecule has 1 saturated heterocycles. The van der Waals surface area contributed by atoms with Crippen molar-refractivity contribution in [1.29, 1.82) is 0 Å². The van der Waals surface area contributed by atoms with Crippen LogP contribution in [-0.4, -0.2) is 28.0 Å². The summed E-state index contributed by atoms with van der Waals surface area (Å²) in [6.07, 6.45) is 1.78. The molecular weight excluding hydrogens is 342 g/mol. The molecule has 1 fully saturated rings. The molecule has 0 N–H and O–H groups in total. The van der Waals surface area contributed by atoms with E-state index in [0.717, 1.165) is 22.2 Å². The van der Waals surface area contributed by atoms with Gasteiger partial charge in [0.2, 0.25) is 5.91 Å². The van der Waals surface area contributed by atoms with Gasteiger partial charge >= 0.3 is 0 Å². The van der Waals surface area contributed by atoms with E-state index in [4.69, 9.17) is 4.74 Å². The van der Waals surface area contributed by atoms with Crippen LogP contribution in [0.4, 0.5) is 5.69 Å². The third-order valence-electron chi connectivity index (χ3n) is 5.05. The minimum atomic E-state index is -0.573. The molecule has 0 bridgehead atoms. The maximum Gasteiger partial charge on any atom is 0.257 e. The van der Waals surface area contributed by atoms with Crippen LogP contribution < -0.4 is 9.64 Å². The number of amides is 2. The number of nitrogens with zero attached hydrogens (tertiary/aromatic N) is 3. The Bertz CT molecular complexity index is 1040. The van der Waals surface area contributed by atoms with E-state index in [9.17, 15) is 9.59 Å². The Morgan fingerprint density at radius 3 is 2.52 bits per heavy atom. The van der Waals surface area contributed by atoms with Crippen LogP contribution in [-0.2, 0) is 9.59 Å². The highest BCUT2D eigenvalue weighted by Crippen LogP contribution is 2.33. The van der Waals surface area contributed by atoms with E-state index in [2.05, 4.69) is 4.98 Å². The molecule has 1 aliphatic rings. The third kappa shape index (κ3) is 2.87. The molecule has 6 nitrogen and oxygen atoms in total. The Hall–Kier alpha value is -3.15. The number of carbonyl (C=O) groups excluding carboxylic acids is 2. The molecule has 1 aromatic heterocycles. The van der Waals surface area contributed by atoms with Crippen molar-refractivity contribution in [3.8, 4) is 5.75 Å². The Balaban J connectivity index is 1.68. The number of fused-ring (bicyclic) bond motifs is 1. The van der Waals surface area contributed by atoms with Gasteiger partial charge in [0, 0.05) is 0 Å². The largest absolute Gasteiger partial charge is 0.494 e. The van der Waals surface area contributed by atoms with Gasteiger partial charge < -0.3 is 9.30 Å². The van der Waals surface area contributed by atoms with Gasteiger partial charge in [0.1, 0.15) is 11.8 Å². The maximum absolute atomic E-state index is 13.0. The number of rotatable bonds is 4. The summed E-state index contributed by atoms with van der Waals surface area (Å²) in [7, 11) is 0. The quantitative estimate of drug-likeness (QED) is 0.665. The Kier molecular flexibility index (Phi) is 4.18. The Labute approximate surface area is 157 Å². The van der Waals surface area contributed by atoms with Crippen LogP contribution in [0.15, 0.2) is 42.7 Å². The first kappa shape index (κ1) is 17.3. The number of aryl methyl sites for hydroxylation is 2. The fraction of sp³-hybridized carbons (Fsp3) is 0.286. The summed E-state index contributed by atoms with van der Waals surface area (Å²) in [5.74, 6) is 0.268. The lowest BCUT2D eigenvalue weighted by Crippen LogP contribution is -2.31. The highest BCUT2D eigenvalue weighted by Gasteiger charge is 2.41. The normalized spacial score (nSPS) is 17.1. The number of carbonyl (C=O) groups is 2. The Morgan fingerprint density at radius 2 is 1.81 bits per heavy atom. The van der Waals surface area contributed by atoms with Gasteiger partial charge in [0.15, 0.2) is 0 Å². The maximum atomic E-state index is 13.0. The summed E-state index contributed by atoms with van der Waals surface area (Å²) in [6, 6.07) is 10.5. The van der Waals surface area contributed by atoms with Crippen molar-refractivity contribution < 1.29 is 14.3 Å². The Morgan fingerprint density at radius 1 is 1.11 bits per heavy atom. The molecular formula is C21H21N3O3. The molecule has 1 unspecified atom stereocenters. The predicted octanol–water partition coefficient (Wildman–Crippen LogP) is 3.56. The molecule has 0 radical (unpaired) electrons. The summed E-state index contributed by atoms with van der Waals surface area (Å²) in [4.78, 5) is 31.3. The van der Waals surface area contributed by atoms with Crippen molar-refractivity contribution in [3.63, 3.8) is 0 Å². The van der Waals surface area contributed by atoms with Crippen LogP contribution in [0.1, 0.15) is 30.5 Å². The number of imide groups is 1. The minimum Gasteiger partial charge on any atom is -0.494 e. The fourth-order valence-corrected chi connectivity index (χ4v) is 3.49. The molecule has 2 aromatic carbocycles. The highest BCUT2D eigenvalue weighted by molar-refractivity contribution is 6.21. The third-order valence-corrected chi connectivity index (χ3v) is 5.05. The molecule has 3 aromatic rings. The summed E-state index contributed by atoms with van der Waals surface area (Å²) in [5.41, 5.74) is 4.55. The second-order valence-corrected chi connectivity index (χ2v) is 6.79. The summed E-state index contributed by atoms with van der Waals surface area (Å²) >= 11 is 0. The van der Waals surface area contributed by atoms with Crippen molar-refractivity contribution in [1.82, 2.24) is 9.55 Å². The van der Waals surface area contributed by atoms with Gasteiger partial charge in [-0.05, 0) is 68.3 Å². The monoisotopic (exact) mass is 363 g/mol. The van der Waals surface area contributed by atoms with Crippen molar-refractivity contribution in [2.24, 2.45) is 0 Å². The number of benzene rings is 2. The SMILES string of the molecule is CCOc1ccc(N2C(=O)CC(n3cnc4cc(C)c(C)cc43)C2=O)cc1. The van der Waals surface area contributed by atoms with Gasteiger partial charge in [0.05, 0.1) is 36.1 Å². The van der Waals surface area contributed by atoms with Crippen LogP contribution in [0, 0.1) is 13.8 Å². The first-order valence-corrected chi connectivity index (χ1v) is 9.03. The average molecular weight is 363 g/mol. The van der Waals surface area contributed by atoms with Crippen LogP contribution in [0.2, 0.25) is 0 Å². The standard InChI is InChI=1S/C21H21N3O3/c1-4-27-16-7-5-15(6-8-16)24-20(25)11-19(21(24)26)23-12-22-17-9-13(2)14(3)10-18(17)23/h5-10,12,19H,4,11H2,1-3H3. The second kappa shape index (κ2) is 6.54.